The number of ether oxygens (including phenoxy) is 1. The molecule has 0 aromatic carbocycles. The first kappa shape index (κ1) is 10.4. The summed E-state index contributed by atoms with van der Waals surface area (Å²) in [5, 5.41) is 8.86. The van der Waals surface area contributed by atoms with Crippen molar-refractivity contribution in [1.82, 2.24) is 4.90 Å². The van der Waals surface area contributed by atoms with Gasteiger partial charge in [-0.3, -0.25) is 9.69 Å². The zero-order chi connectivity index (χ0) is 9.84. The molecule has 0 bridgehead atoms. The Balaban J connectivity index is 2.51. The third-order valence-corrected chi connectivity index (χ3v) is 2.05. The Kier molecular flexibility index (Phi) is 3.65. The first-order chi connectivity index (χ1) is 6.11. The molecule has 76 valence electrons. The van der Waals surface area contributed by atoms with Crippen LogP contribution in [-0.2, 0) is 9.53 Å². The first-order valence-electron chi connectivity index (χ1n) is 4.41. The van der Waals surface area contributed by atoms with Gasteiger partial charge in [-0.25, -0.2) is 0 Å². The van der Waals surface area contributed by atoms with E-state index in [4.69, 9.17) is 15.6 Å². The zero-order valence-electron chi connectivity index (χ0n) is 7.77. The molecule has 0 aromatic rings. The van der Waals surface area contributed by atoms with Gasteiger partial charge in [0.15, 0.2) is 0 Å². The third-order valence-electron chi connectivity index (χ3n) is 2.05. The van der Waals surface area contributed by atoms with Crippen LogP contribution in [0.4, 0.5) is 0 Å². The Morgan fingerprint density at radius 2 is 2.54 bits per heavy atom. The van der Waals surface area contributed by atoms with Gasteiger partial charge in [0, 0.05) is 19.1 Å². The van der Waals surface area contributed by atoms with E-state index in [1.54, 1.807) is 0 Å². The minimum absolute atomic E-state index is 0.0000463. The highest BCUT2D eigenvalue weighted by atomic mass is 16.5. The Morgan fingerprint density at radius 3 is 3.08 bits per heavy atom. The van der Waals surface area contributed by atoms with Gasteiger partial charge in [0.2, 0.25) is 0 Å². The van der Waals surface area contributed by atoms with Crippen LogP contribution in [-0.4, -0.2) is 54.4 Å². The number of hydrogen-bond acceptors (Lipinski definition) is 4. The van der Waals surface area contributed by atoms with Gasteiger partial charge in [0.1, 0.15) is 6.04 Å². The topological polar surface area (TPSA) is 75.8 Å². The fraction of sp³-hybridized carbons (Fsp3) is 0.875. The summed E-state index contributed by atoms with van der Waals surface area (Å²) in [5.74, 6) is -0.833. The number of carboxylic acids is 1. The summed E-state index contributed by atoms with van der Waals surface area (Å²) in [6, 6.07) is -0.528. The summed E-state index contributed by atoms with van der Waals surface area (Å²) < 4.78 is 5.09. The summed E-state index contributed by atoms with van der Waals surface area (Å²) in [5.41, 5.74) is 5.61. The number of carboxylic acid groups (broad SMARTS) is 1. The largest absolute Gasteiger partial charge is 0.480 e. The third kappa shape index (κ3) is 2.95. The predicted molar refractivity (Wildman–Crippen MR) is 47.5 cm³/mol. The van der Waals surface area contributed by atoms with Crippen molar-refractivity contribution in [3.05, 3.63) is 0 Å². The van der Waals surface area contributed by atoms with E-state index in [9.17, 15) is 4.79 Å². The van der Waals surface area contributed by atoms with Crippen LogP contribution in [0.1, 0.15) is 6.92 Å². The van der Waals surface area contributed by atoms with E-state index in [2.05, 4.69) is 0 Å². The molecule has 0 amide bonds. The van der Waals surface area contributed by atoms with Crippen molar-refractivity contribution in [3.8, 4) is 0 Å². The van der Waals surface area contributed by atoms with Gasteiger partial charge in [0.25, 0.3) is 0 Å². The van der Waals surface area contributed by atoms with Crippen LogP contribution < -0.4 is 5.73 Å². The van der Waals surface area contributed by atoms with E-state index in [1.807, 2.05) is 11.8 Å². The molecule has 1 heterocycles. The van der Waals surface area contributed by atoms with Crippen molar-refractivity contribution in [2.24, 2.45) is 5.73 Å². The number of hydrogen-bond donors (Lipinski definition) is 2. The molecule has 1 aliphatic rings. The number of morpholine rings is 1. The summed E-state index contributed by atoms with van der Waals surface area (Å²) in [6.07, 6.45) is 0. The quantitative estimate of drug-likeness (QED) is 0.601. The SMILES string of the molecule is C[C@H](N)CN1CCOCC1C(=O)O. The lowest BCUT2D eigenvalue weighted by molar-refractivity contribution is -0.149. The Bertz CT molecular complexity index is 184. The average Bonchev–Trinajstić information content (AvgIpc) is 2.03. The van der Waals surface area contributed by atoms with E-state index in [1.165, 1.54) is 0 Å². The fourth-order valence-corrected chi connectivity index (χ4v) is 1.45. The van der Waals surface area contributed by atoms with Crippen molar-refractivity contribution < 1.29 is 14.6 Å². The number of rotatable bonds is 3. The molecular formula is C8H16N2O3. The van der Waals surface area contributed by atoms with Crippen LogP contribution in [0.2, 0.25) is 0 Å². The van der Waals surface area contributed by atoms with E-state index < -0.39 is 12.0 Å². The zero-order valence-corrected chi connectivity index (χ0v) is 7.77. The lowest BCUT2D eigenvalue weighted by Gasteiger charge is -2.33. The monoisotopic (exact) mass is 188 g/mol. The second-order valence-electron chi connectivity index (χ2n) is 3.40. The highest BCUT2D eigenvalue weighted by Gasteiger charge is 2.29. The van der Waals surface area contributed by atoms with Gasteiger partial charge >= 0.3 is 5.97 Å². The van der Waals surface area contributed by atoms with Gasteiger partial charge < -0.3 is 15.6 Å². The number of nitrogens with two attached hydrogens (primary N) is 1. The molecule has 0 spiro atoms. The molecule has 0 radical (unpaired) electrons. The standard InChI is InChI=1S/C8H16N2O3/c1-6(9)4-10-2-3-13-5-7(10)8(11)12/h6-7H,2-5,9H2,1H3,(H,11,12)/t6-,7?/m0/s1. The van der Waals surface area contributed by atoms with Crippen molar-refractivity contribution in [3.63, 3.8) is 0 Å². The van der Waals surface area contributed by atoms with Crippen molar-refractivity contribution in [2.75, 3.05) is 26.3 Å². The normalized spacial score (nSPS) is 27.1. The molecule has 1 unspecified atom stereocenters. The van der Waals surface area contributed by atoms with Crippen molar-refractivity contribution >= 4 is 5.97 Å². The van der Waals surface area contributed by atoms with Crippen molar-refractivity contribution in [2.45, 2.75) is 19.0 Å². The smallest absolute Gasteiger partial charge is 0.323 e. The van der Waals surface area contributed by atoms with E-state index >= 15 is 0 Å². The van der Waals surface area contributed by atoms with Gasteiger partial charge in [-0.15, -0.1) is 0 Å². The lowest BCUT2D eigenvalue weighted by Crippen LogP contribution is -2.53. The van der Waals surface area contributed by atoms with Gasteiger partial charge in [-0.2, -0.15) is 0 Å². The van der Waals surface area contributed by atoms with Crippen LogP contribution in [0.3, 0.4) is 0 Å². The molecule has 1 rings (SSSR count). The number of aliphatic carboxylic acids is 1. The van der Waals surface area contributed by atoms with Crippen LogP contribution in [0.25, 0.3) is 0 Å². The molecule has 3 N–H and O–H groups in total. The maximum atomic E-state index is 10.8. The lowest BCUT2D eigenvalue weighted by atomic mass is 10.2. The molecule has 13 heavy (non-hydrogen) atoms. The van der Waals surface area contributed by atoms with Crippen LogP contribution in [0.5, 0.6) is 0 Å². The Morgan fingerprint density at radius 1 is 1.85 bits per heavy atom. The molecule has 5 nitrogen and oxygen atoms in total. The Hall–Kier alpha value is -0.650. The molecule has 1 saturated heterocycles. The minimum atomic E-state index is -0.833. The molecule has 1 aliphatic heterocycles. The summed E-state index contributed by atoms with van der Waals surface area (Å²) in [4.78, 5) is 12.6. The van der Waals surface area contributed by atoms with Crippen LogP contribution >= 0.6 is 0 Å². The Labute approximate surface area is 77.5 Å². The number of carbonyl (C=O) groups is 1. The van der Waals surface area contributed by atoms with Crippen molar-refractivity contribution in [1.29, 1.82) is 0 Å². The van der Waals surface area contributed by atoms with E-state index in [0.717, 1.165) is 0 Å². The van der Waals surface area contributed by atoms with Gasteiger partial charge in [-0.1, -0.05) is 0 Å². The molecule has 0 aromatic heterocycles. The predicted octanol–water partition coefficient (Wildman–Crippen LogP) is -0.881. The average molecular weight is 188 g/mol. The minimum Gasteiger partial charge on any atom is -0.480 e. The van der Waals surface area contributed by atoms with Gasteiger partial charge in [-0.05, 0) is 6.92 Å². The van der Waals surface area contributed by atoms with Crippen LogP contribution in [0.15, 0.2) is 0 Å². The van der Waals surface area contributed by atoms with E-state index in [-0.39, 0.29) is 12.6 Å². The van der Waals surface area contributed by atoms with E-state index in [0.29, 0.717) is 19.7 Å². The van der Waals surface area contributed by atoms with Gasteiger partial charge in [0.05, 0.1) is 13.2 Å². The molecular weight excluding hydrogens is 172 g/mol. The summed E-state index contributed by atoms with van der Waals surface area (Å²) in [6.45, 7) is 3.99. The second-order valence-corrected chi connectivity index (χ2v) is 3.40. The fourth-order valence-electron chi connectivity index (χ4n) is 1.45. The first-order valence-corrected chi connectivity index (χ1v) is 4.41. The molecule has 2 atom stereocenters. The highest BCUT2D eigenvalue weighted by molar-refractivity contribution is 5.73. The number of nitrogens with zero attached hydrogens (tertiary/aromatic N) is 1. The van der Waals surface area contributed by atoms with Crippen LogP contribution in [0, 0.1) is 0 Å². The molecule has 1 fully saturated rings. The maximum absolute atomic E-state index is 10.8. The molecule has 0 saturated carbocycles. The molecule has 0 aliphatic carbocycles. The second kappa shape index (κ2) is 4.55. The summed E-state index contributed by atoms with van der Waals surface area (Å²) >= 11 is 0. The summed E-state index contributed by atoms with van der Waals surface area (Å²) in [7, 11) is 0. The highest BCUT2D eigenvalue weighted by Crippen LogP contribution is 2.07. The molecule has 5 heteroatoms. The maximum Gasteiger partial charge on any atom is 0.323 e.